The molecule has 10 heavy (non-hydrogen) atoms. The van der Waals surface area contributed by atoms with E-state index in [0.717, 1.165) is 19.3 Å². The van der Waals surface area contributed by atoms with Crippen molar-refractivity contribution in [3.63, 3.8) is 0 Å². The van der Waals surface area contributed by atoms with Gasteiger partial charge in [0.05, 0.1) is 6.10 Å². The molecule has 0 saturated heterocycles. The highest BCUT2D eigenvalue weighted by Crippen LogP contribution is 2.51. The molecule has 0 aliphatic heterocycles. The Morgan fingerprint density at radius 1 is 1.70 bits per heavy atom. The Kier molecular flexibility index (Phi) is 2.37. The lowest BCUT2D eigenvalue weighted by atomic mass is 9.97. The maximum Gasteiger partial charge on any atom is 0.0571 e. The van der Waals surface area contributed by atoms with Crippen molar-refractivity contribution in [1.29, 1.82) is 0 Å². The second kappa shape index (κ2) is 2.93. The van der Waals surface area contributed by atoms with Crippen LogP contribution >= 0.6 is 11.6 Å². The Hall–Kier alpha value is -0.0100. The zero-order valence-electron chi connectivity index (χ0n) is 6.18. The normalized spacial score (nSPS) is 25.1. The van der Waals surface area contributed by atoms with Crippen molar-refractivity contribution >= 4 is 11.6 Å². The fourth-order valence-electron chi connectivity index (χ4n) is 1.23. The summed E-state index contributed by atoms with van der Waals surface area (Å²) in [6.07, 6.45) is 4.95. The van der Waals surface area contributed by atoms with Gasteiger partial charge in [-0.1, -0.05) is 17.7 Å². The van der Waals surface area contributed by atoms with Crippen molar-refractivity contribution < 1.29 is 5.11 Å². The maximum atomic E-state index is 9.29. The Labute approximate surface area is 66.7 Å². The molecule has 0 radical (unpaired) electrons. The smallest absolute Gasteiger partial charge is 0.0571 e. The minimum atomic E-state index is -0.180. The number of aliphatic hydroxyl groups is 1. The lowest BCUT2D eigenvalue weighted by Gasteiger charge is -2.15. The van der Waals surface area contributed by atoms with E-state index < -0.39 is 0 Å². The predicted octanol–water partition coefficient (Wildman–Crippen LogP) is 2.29. The van der Waals surface area contributed by atoms with Gasteiger partial charge in [-0.25, -0.2) is 0 Å². The fraction of sp³-hybridized carbons (Fsp3) is 0.750. The zero-order valence-corrected chi connectivity index (χ0v) is 6.93. The topological polar surface area (TPSA) is 20.2 Å². The summed E-state index contributed by atoms with van der Waals surface area (Å²) < 4.78 is 0. The first-order chi connectivity index (χ1) is 4.71. The molecule has 1 nitrogen and oxygen atoms in total. The van der Waals surface area contributed by atoms with Crippen molar-refractivity contribution in [3.05, 3.63) is 11.6 Å². The number of aliphatic hydroxyl groups excluding tert-OH is 1. The molecule has 2 heteroatoms. The molecular formula is C8H13ClO. The Balaban J connectivity index is 2.37. The van der Waals surface area contributed by atoms with Crippen molar-refractivity contribution in [1.82, 2.24) is 0 Å². The predicted molar refractivity (Wildman–Crippen MR) is 43.0 cm³/mol. The summed E-state index contributed by atoms with van der Waals surface area (Å²) in [5, 5.41) is 9.29. The minimum absolute atomic E-state index is 0.180. The van der Waals surface area contributed by atoms with Gasteiger partial charge in [0.15, 0.2) is 0 Å². The zero-order chi connectivity index (χ0) is 7.61. The molecule has 1 rings (SSSR count). The molecule has 1 aliphatic carbocycles. The van der Waals surface area contributed by atoms with Gasteiger partial charge in [0.25, 0.3) is 0 Å². The third-order valence-corrected chi connectivity index (χ3v) is 2.57. The molecular weight excluding hydrogens is 148 g/mol. The highest BCUT2D eigenvalue weighted by molar-refractivity contribution is 6.25. The highest BCUT2D eigenvalue weighted by Gasteiger charge is 2.45. The van der Waals surface area contributed by atoms with Crippen LogP contribution in [-0.4, -0.2) is 11.2 Å². The number of allylic oxidation sites excluding steroid dienone is 1. The van der Waals surface area contributed by atoms with Crippen LogP contribution in [0.5, 0.6) is 0 Å². The van der Waals surface area contributed by atoms with E-state index in [-0.39, 0.29) is 11.5 Å². The van der Waals surface area contributed by atoms with E-state index in [9.17, 15) is 5.11 Å². The van der Waals surface area contributed by atoms with E-state index in [2.05, 4.69) is 0 Å². The molecule has 0 aromatic rings. The molecule has 1 saturated carbocycles. The van der Waals surface area contributed by atoms with E-state index in [0.29, 0.717) is 0 Å². The summed E-state index contributed by atoms with van der Waals surface area (Å²) in [6, 6.07) is 0. The molecule has 0 bridgehead atoms. The summed E-state index contributed by atoms with van der Waals surface area (Å²) in [5.41, 5.74) is 1.72. The van der Waals surface area contributed by atoms with Crippen LogP contribution in [0.3, 0.4) is 0 Å². The maximum absolute atomic E-state index is 9.29. The Bertz CT molecular complexity index is 136. The molecule has 0 heterocycles. The molecule has 1 fully saturated rings. The van der Waals surface area contributed by atoms with Crippen LogP contribution in [0, 0.1) is 5.41 Å². The van der Waals surface area contributed by atoms with Crippen LogP contribution in [0.25, 0.3) is 0 Å². The largest absolute Gasteiger partial charge is 0.393 e. The number of halogens is 1. The van der Waals surface area contributed by atoms with E-state index >= 15 is 0 Å². The van der Waals surface area contributed by atoms with Gasteiger partial charge >= 0.3 is 0 Å². The molecule has 1 aliphatic rings. The monoisotopic (exact) mass is 160 g/mol. The van der Waals surface area contributed by atoms with Crippen LogP contribution in [0.1, 0.15) is 26.2 Å². The van der Waals surface area contributed by atoms with Gasteiger partial charge in [-0.05, 0) is 31.6 Å². The average molecular weight is 161 g/mol. The summed E-state index contributed by atoms with van der Waals surface area (Å²) in [6.45, 7) is 1.86. The average Bonchev–Trinajstić information content (AvgIpc) is 2.64. The van der Waals surface area contributed by atoms with E-state index in [4.69, 9.17) is 11.6 Å². The van der Waals surface area contributed by atoms with Crippen molar-refractivity contribution in [3.8, 4) is 0 Å². The molecule has 58 valence electrons. The van der Waals surface area contributed by atoms with Gasteiger partial charge < -0.3 is 5.11 Å². The second-order valence-electron chi connectivity index (χ2n) is 3.10. The summed E-state index contributed by atoms with van der Waals surface area (Å²) >= 11 is 5.38. The van der Waals surface area contributed by atoms with Crippen LogP contribution in [-0.2, 0) is 0 Å². The summed E-state index contributed by atoms with van der Waals surface area (Å²) in [4.78, 5) is 0. The molecule has 1 unspecified atom stereocenters. The quantitative estimate of drug-likeness (QED) is 0.672. The molecule has 0 aromatic heterocycles. The van der Waals surface area contributed by atoms with Gasteiger partial charge in [-0.3, -0.25) is 0 Å². The lowest BCUT2D eigenvalue weighted by Crippen LogP contribution is -2.16. The molecule has 1 N–H and O–H groups in total. The molecule has 0 aromatic carbocycles. The fourth-order valence-corrected chi connectivity index (χ4v) is 1.32. The molecule has 1 atom stereocenters. The number of hydrogen-bond donors (Lipinski definition) is 1. The Morgan fingerprint density at radius 2 is 2.30 bits per heavy atom. The van der Waals surface area contributed by atoms with E-state index in [1.807, 2.05) is 13.0 Å². The van der Waals surface area contributed by atoms with Gasteiger partial charge in [0, 0.05) is 5.54 Å². The first-order valence-corrected chi connectivity index (χ1v) is 4.08. The second-order valence-corrected chi connectivity index (χ2v) is 3.36. The first-order valence-electron chi connectivity index (χ1n) is 3.64. The van der Waals surface area contributed by atoms with Gasteiger partial charge in [-0.2, -0.15) is 0 Å². The highest BCUT2D eigenvalue weighted by atomic mass is 35.5. The number of hydrogen-bond acceptors (Lipinski definition) is 1. The van der Waals surface area contributed by atoms with Gasteiger partial charge in [0.2, 0.25) is 0 Å². The summed E-state index contributed by atoms with van der Waals surface area (Å²) in [5.74, 6) is 0. The summed E-state index contributed by atoms with van der Waals surface area (Å²) in [7, 11) is 0. The van der Waals surface area contributed by atoms with Crippen LogP contribution < -0.4 is 0 Å². The SMILES string of the molecule is CC(O)C1(C/C=C/Cl)CC1. The first kappa shape index (κ1) is 8.09. The van der Waals surface area contributed by atoms with Crippen molar-refractivity contribution in [2.75, 3.05) is 0 Å². The lowest BCUT2D eigenvalue weighted by molar-refractivity contribution is 0.112. The van der Waals surface area contributed by atoms with Crippen molar-refractivity contribution in [2.45, 2.75) is 32.3 Å². The standard InChI is InChI=1S/C8H13ClO/c1-7(10)8(4-5-8)3-2-6-9/h2,6-7,10H,3-5H2,1H3/b6-2+. The van der Waals surface area contributed by atoms with Crippen LogP contribution in [0.2, 0.25) is 0 Å². The number of rotatable bonds is 3. The van der Waals surface area contributed by atoms with Gasteiger partial charge in [-0.15, -0.1) is 0 Å². The molecule has 0 spiro atoms. The minimum Gasteiger partial charge on any atom is -0.393 e. The van der Waals surface area contributed by atoms with Crippen molar-refractivity contribution in [2.24, 2.45) is 5.41 Å². The van der Waals surface area contributed by atoms with E-state index in [1.54, 1.807) is 0 Å². The van der Waals surface area contributed by atoms with Crippen LogP contribution in [0.4, 0.5) is 0 Å². The van der Waals surface area contributed by atoms with E-state index in [1.165, 1.54) is 5.54 Å². The Morgan fingerprint density at radius 3 is 2.60 bits per heavy atom. The third kappa shape index (κ3) is 1.53. The third-order valence-electron chi connectivity index (χ3n) is 2.39. The molecule has 0 amide bonds. The van der Waals surface area contributed by atoms with Gasteiger partial charge in [0.1, 0.15) is 0 Å². The van der Waals surface area contributed by atoms with Crippen LogP contribution in [0.15, 0.2) is 11.6 Å².